The molecule has 2 aromatic rings. The molecule has 1 aromatic heterocycles. The van der Waals surface area contributed by atoms with Crippen LogP contribution < -0.4 is 20.9 Å². The number of likely N-dealkylation sites (N-methyl/N-ethyl adjacent to an activating group) is 1. The average molecular weight is 475 g/mol. The highest BCUT2D eigenvalue weighted by Crippen LogP contribution is 2.19. The Balaban J connectivity index is 1.43. The number of amides is 3. The molecule has 8 nitrogen and oxygen atoms in total. The van der Waals surface area contributed by atoms with Crippen LogP contribution in [0, 0.1) is 6.92 Å². The molecule has 0 spiro atoms. The van der Waals surface area contributed by atoms with E-state index in [1.807, 2.05) is 37.3 Å². The first kappa shape index (κ1) is 22.0. The number of pyridine rings is 1. The molecule has 3 rings (SSSR count). The van der Waals surface area contributed by atoms with Gasteiger partial charge < -0.3 is 25.8 Å². The van der Waals surface area contributed by atoms with Gasteiger partial charge in [-0.05, 0) is 55.4 Å². The molecule has 30 heavy (non-hydrogen) atoms. The van der Waals surface area contributed by atoms with Gasteiger partial charge in [0.05, 0.1) is 6.54 Å². The summed E-state index contributed by atoms with van der Waals surface area (Å²) in [6, 6.07) is 9.07. The van der Waals surface area contributed by atoms with Crippen molar-refractivity contribution in [3.8, 4) is 0 Å². The normalized spacial score (nSPS) is 14.3. The lowest BCUT2D eigenvalue weighted by Gasteiger charge is -2.33. The lowest BCUT2D eigenvalue weighted by molar-refractivity contribution is -0.115. The molecule has 2 heterocycles. The van der Waals surface area contributed by atoms with E-state index >= 15 is 0 Å². The highest BCUT2D eigenvalue weighted by Gasteiger charge is 2.15. The molecule has 0 saturated carbocycles. The number of nitrogens with one attached hydrogen (secondary N) is 3. The van der Waals surface area contributed by atoms with Crippen LogP contribution in [0.25, 0.3) is 0 Å². The first-order chi connectivity index (χ1) is 14.4. The fourth-order valence-corrected chi connectivity index (χ4v) is 3.62. The van der Waals surface area contributed by atoms with Crippen LogP contribution in [0.3, 0.4) is 0 Å². The molecule has 1 fully saturated rings. The van der Waals surface area contributed by atoms with Crippen LogP contribution in [0.2, 0.25) is 0 Å². The number of anilines is 2. The number of piperazine rings is 1. The predicted molar refractivity (Wildman–Crippen MR) is 122 cm³/mol. The van der Waals surface area contributed by atoms with Crippen molar-refractivity contribution in [3.05, 3.63) is 52.1 Å². The van der Waals surface area contributed by atoms with Crippen molar-refractivity contribution in [1.82, 2.24) is 20.5 Å². The first-order valence-corrected chi connectivity index (χ1v) is 10.7. The summed E-state index contributed by atoms with van der Waals surface area (Å²) in [7, 11) is 2.12. The van der Waals surface area contributed by atoms with Crippen molar-refractivity contribution in [2.45, 2.75) is 13.5 Å². The van der Waals surface area contributed by atoms with Crippen LogP contribution in [0.15, 0.2) is 41.0 Å². The van der Waals surface area contributed by atoms with Gasteiger partial charge in [-0.25, -0.2) is 9.78 Å². The number of nitrogens with zero attached hydrogens (tertiary/aromatic N) is 3. The van der Waals surface area contributed by atoms with Gasteiger partial charge in [-0.3, -0.25) is 4.79 Å². The van der Waals surface area contributed by atoms with Gasteiger partial charge in [0.2, 0.25) is 5.91 Å². The molecule has 3 N–H and O–H groups in total. The molecule has 0 aliphatic carbocycles. The molecule has 0 unspecified atom stereocenters. The van der Waals surface area contributed by atoms with Crippen LogP contribution >= 0.6 is 15.9 Å². The van der Waals surface area contributed by atoms with E-state index in [1.165, 1.54) is 0 Å². The third-order valence-electron chi connectivity index (χ3n) is 4.96. The molecule has 9 heteroatoms. The summed E-state index contributed by atoms with van der Waals surface area (Å²) >= 11 is 3.39. The zero-order valence-corrected chi connectivity index (χ0v) is 18.8. The molecular weight excluding hydrogens is 448 g/mol. The van der Waals surface area contributed by atoms with Crippen molar-refractivity contribution in [2.24, 2.45) is 0 Å². The SMILES string of the molecule is Cc1cc(Br)ccc1NC(=O)CNC(=O)NCc1ccnc(N2CCN(C)CC2)c1. The molecule has 1 aromatic carbocycles. The first-order valence-electron chi connectivity index (χ1n) is 9.87. The lowest BCUT2D eigenvalue weighted by atomic mass is 10.2. The lowest BCUT2D eigenvalue weighted by Crippen LogP contribution is -2.44. The smallest absolute Gasteiger partial charge is 0.315 e. The second-order valence-electron chi connectivity index (χ2n) is 7.36. The van der Waals surface area contributed by atoms with Gasteiger partial charge in [-0.1, -0.05) is 15.9 Å². The van der Waals surface area contributed by atoms with Crippen molar-refractivity contribution in [2.75, 3.05) is 50.0 Å². The van der Waals surface area contributed by atoms with Crippen LogP contribution in [-0.4, -0.2) is 61.6 Å². The Labute approximate surface area is 185 Å². The molecule has 0 radical (unpaired) electrons. The van der Waals surface area contributed by atoms with Crippen molar-refractivity contribution in [3.63, 3.8) is 0 Å². The minimum Gasteiger partial charge on any atom is -0.354 e. The van der Waals surface area contributed by atoms with E-state index in [0.717, 1.165) is 53.3 Å². The second-order valence-corrected chi connectivity index (χ2v) is 8.27. The summed E-state index contributed by atoms with van der Waals surface area (Å²) in [5.74, 6) is 0.642. The topological polar surface area (TPSA) is 89.6 Å². The van der Waals surface area contributed by atoms with E-state index in [9.17, 15) is 9.59 Å². The van der Waals surface area contributed by atoms with Gasteiger partial charge in [0, 0.05) is 49.1 Å². The summed E-state index contributed by atoms with van der Waals surface area (Å²) in [5.41, 5.74) is 2.62. The number of carbonyl (C=O) groups is 2. The van der Waals surface area contributed by atoms with Gasteiger partial charge >= 0.3 is 6.03 Å². The number of aromatic nitrogens is 1. The quantitative estimate of drug-likeness (QED) is 0.597. The standard InChI is InChI=1S/C21H27BrN6O2/c1-15-11-17(22)3-4-18(15)26-20(29)14-25-21(30)24-13-16-5-6-23-19(12-16)28-9-7-27(2)8-10-28/h3-6,11-12H,7-10,13-14H2,1-2H3,(H,26,29)(H2,24,25,30). The molecule has 3 amide bonds. The summed E-state index contributed by atoms with van der Waals surface area (Å²) in [5, 5.41) is 8.16. The molecular formula is C21H27BrN6O2. The molecule has 1 aliphatic rings. The maximum atomic E-state index is 12.1. The summed E-state index contributed by atoms with van der Waals surface area (Å²) in [6.45, 7) is 6.06. The number of halogens is 1. The van der Waals surface area contributed by atoms with E-state index in [-0.39, 0.29) is 12.5 Å². The van der Waals surface area contributed by atoms with Crippen molar-refractivity contribution in [1.29, 1.82) is 0 Å². The van der Waals surface area contributed by atoms with Crippen molar-refractivity contribution < 1.29 is 9.59 Å². The zero-order chi connectivity index (χ0) is 21.5. The largest absolute Gasteiger partial charge is 0.354 e. The molecule has 1 saturated heterocycles. The minimum atomic E-state index is -0.393. The fraction of sp³-hybridized carbons (Fsp3) is 0.381. The monoisotopic (exact) mass is 474 g/mol. The zero-order valence-electron chi connectivity index (χ0n) is 17.2. The van der Waals surface area contributed by atoms with Crippen molar-refractivity contribution >= 4 is 39.4 Å². The van der Waals surface area contributed by atoms with Gasteiger partial charge in [-0.2, -0.15) is 0 Å². The Morgan fingerprint density at radius 3 is 2.60 bits per heavy atom. The van der Waals surface area contributed by atoms with Gasteiger partial charge in [0.1, 0.15) is 5.82 Å². The number of carbonyl (C=O) groups excluding carboxylic acids is 2. The Hall–Kier alpha value is -2.65. The highest BCUT2D eigenvalue weighted by atomic mass is 79.9. The number of urea groups is 1. The van der Waals surface area contributed by atoms with E-state index in [2.05, 4.69) is 53.7 Å². The van der Waals surface area contributed by atoms with Gasteiger partial charge in [0.25, 0.3) is 0 Å². The van der Waals surface area contributed by atoms with Crippen LogP contribution in [0.5, 0.6) is 0 Å². The third kappa shape index (κ3) is 6.43. The summed E-state index contributed by atoms with van der Waals surface area (Å²) < 4.78 is 0.947. The minimum absolute atomic E-state index is 0.107. The van der Waals surface area contributed by atoms with Gasteiger partial charge in [0.15, 0.2) is 0 Å². The molecule has 0 atom stereocenters. The maximum absolute atomic E-state index is 12.1. The maximum Gasteiger partial charge on any atom is 0.315 e. The second kappa shape index (κ2) is 10.4. The van der Waals surface area contributed by atoms with E-state index in [4.69, 9.17) is 0 Å². The number of rotatable bonds is 6. The third-order valence-corrected chi connectivity index (χ3v) is 5.46. The summed E-state index contributed by atoms with van der Waals surface area (Å²) in [6.07, 6.45) is 1.76. The molecule has 160 valence electrons. The Bertz CT molecular complexity index is 899. The highest BCUT2D eigenvalue weighted by molar-refractivity contribution is 9.10. The number of hydrogen-bond acceptors (Lipinski definition) is 5. The number of hydrogen-bond donors (Lipinski definition) is 3. The Morgan fingerprint density at radius 2 is 1.87 bits per heavy atom. The van der Waals surface area contributed by atoms with E-state index in [1.54, 1.807) is 6.20 Å². The van der Waals surface area contributed by atoms with Gasteiger partial charge in [-0.15, -0.1) is 0 Å². The van der Waals surface area contributed by atoms with E-state index in [0.29, 0.717) is 6.54 Å². The van der Waals surface area contributed by atoms with Crippen LogP contribution in [-0.2, 0) is 11.3 Å². The van der Waals surface area contributed by atoms with E-state index < -0.39 is 6.03 Å². The average Bonchev–Trinajstić information content (AvgIpc) is 2.73. The Kier molecular flexibility index (Phi) is 7.64. The fourth-order valence-electron chi connectivity index (χ4n) is 3.15. The molecule has 0 bridgehead atoms. The van der Waals surface area contributed by atoms with Crippen LogP contribution in [0.1, 0.15) is 11.1 Å². The number of aryl methyl sites for hydroxylation is 1. The predicted octanol–water partition coefficient (Wildman–Crippen LogP) is 2.34. The Morgan fingerprint density at radius 1 is 1.10 bits per heavy atom. The summed E-state index contributed by atoms with van der Waals surface area (Å²) in [4.78, 5) is 33.1. The number of benzene rings is 1. The molecule has 1 aliphatic heterocycles. The van der Waals surface area contributed by atoms with Crippen LogP contribution in [0.4, 0.5) is 16.3 Å².